The van der Waals surface area contributed by atoms with Crippen LogP contribution in [-0.4, -0.2) is 36.3 Å². The maximum atomic E-state index is 13.3. The summed E-state index contributed by atoms with van der Waals surface area (Å²) >= 11 is 5.91. The molecule has 6 heteroatoms. The maximum absolute atomic E-state index is 13.3. The lowest BCUT2D eigenvalue weighted by Gasteiger charge is -2.33. The van der Waals surface area contributed by atoms with E-state index >= 15 is 0 Å². The average molecular weight is 424 g/mol. The number of carbonyl (C=O) groups is 2. The number of amides is 1. The van der Waals surface area contributed by atoms with Crippen molar-refractivity contribution in [3.63, 3.8) is 0 Å². The summed E-state index contributed by atoms with van der Waals surface area (Å²) in [5, 5.41) is 0.538. The molecule has 1 fully saturated rings. The van der Waals surface area contributed by atoms with E-state index in [4.69, 9.17) is 16.3 Å². The second kappa shape index (κ2) is 8.78. The van der Waals surface area contributed by atoms with Gasteiger partial charge in [-0.05, 0) is 48.0 Å². The van der Waals surface area contributed by atoms with Crippen LogP contribution in [0.2, 0.25) is 5.02 Å². The molecule has 0 radical (unpaired) electrons. The van der Waals surface area contributed by atoms with Gasteiger partial charge in [-0.15, -0.1) is 0 Å². The lowest BCUT2D eigenvalue weighted by molar-refractivity contribution is -0.0228. The Kier molecular flexibility index (Phi) is 5.93. The van der Waals surface area contributed by atoms with Crippen molar-refractivity contribution in [2.24, 2.45) is 0 Å². The second-order valence-electron chi connectivity index (χ2n) is 7.04. The molecule has 0 aliphatic carbocycles. The van der Waals surface area contributed by atoms with Crippen molar-refractivity contribution in [2.75, 3.05) is 19.7 Å². The number of ketones is 1. The van der Waals surface area contributed by atoms with E-state index in [1.807, 2.05) is 0 Å². The van der Waals surface area contributed by atoms with Crippen molar-refractivity contribution in [3.8, 4) is 0 Å². The predicted molar refractivity (Wildman–Crippen MR) is 112 cm³/mol. The van der Waals surface area contributed by atoms with Crippen molar-refractivity contribution in [1.82, 2.24) is 4.90 Å². The van der Waals surface area contributed by atoms with E-state index in [1.54, 1.807) is 65.6 Å². The molecule has 0 N–H and O–H groups in total. The number of nitrogens with zero attached hydrogens (tertiary/aromatic N) is 1. The highest BCUT2D eigenvalue weighted by Gasteiger charge is 2.28. The Morgan fingerprint density at radius 3 is 2.30 bits per heavy atom. The molecule has 1 aliphatic rings. The molecule has 1 heterocycles. The summed E-state index contributed by atoms with van der Waals surface area (Å²) < 4.78 is 19.0. The predicted octanol–water partition coefficient (Wildman–Crippen LogP) is 4.92. The standard InChI is InChI=1S/C24H19ClFNO3/c25-18-9-5-17(6-10-18)23(28)20-3-1-2-4-21(20)24(29)27-13-14-30-22(15-27)16-7-11-19(26)12-8-16/h1-12,22H,13-15H2. The molecule has 4 nitrogen and oxygen atoms in total. The van der Waals surface area contributed by atoms with Gasteiger partial charge in [0.25, 0.3) is 5.91 Å². The molecule has 3 aromatic carbocycles. The maximum Gasteiger partial charge on any atom is 0.254 e. The zero-order valence-corrected chi connectivity index (χ0v) is 16.8. The first-order valence-corrected chi connectivity index (χ1v) is 9.96. The summed E-state index contributed by atoms with van der Waals surface area (Å²) in [4.78, 5) is 28.0. The van der Waals surface area contributed by atoms with E-state index in [0.29, 0.717) is 41.4 Å². The van der Waals surface area contributed by atoms with Gasteiger partial charge in [-0.1, -0.05) is 41.9 Å². The number of hydrogen-bond donors (Lipinski definition) is 0. The number of morpholine rings is 1. The fourth-order valence-corrected chi connectivity index (χ4v) is 3.63. The van der Waals surface area contributed by atoms with Gasteiger partial charge in [0, 0.05) is 22.7 Å². The van der Waals surface area contributed by atoms with Crippen LogP contribution in [0.1, 0.15) is 37.9 Å². The van der Waals surface area contributed by atoms with Crippen LogP contribution in [0.4, 0.5) is 4.39 Å². The fourth-order valence-electron chi connectivity index (χ4n) is 3.51. The quantitative estimate of drug-likeness (QED) is 0.559. The second-order valence-corrected chi connectivity index (χ2v) is 7.48. The highest BCUT2D eigenvalue weighted by atomic mass is 35.5. The summed E-state index contributed by atoms with van der Waals surface area (Å²) in [7, 11) is 0. The van der Waals surface area contributed by atoms with Crippen LogP contribution in [0, 0.1) is 5.82 Å². The monoisotopic (exact) mass is 423 g/mol. The van der Waals surface area contributed by atoms with E-state index in [-0.39, 0.29) is 23.6 Å². The van der Waals surface area contributed by atoms with Gasteiger partial charge in [0.15, 0.2) is 5.78 Å². The summed E-state index contributed by atoms with van der Waals surface area (Å²) in [6, 6.07) is 19.4. The Morgan fingerprint density at radius 1 is 0.933 bits per heavy atom. The van der Waals surface area contributed by atoms with Gasteiger partial charge in [0.2, 0.25) is 0 Å². The minimum atomic E-state index is -0.345. The van der Waals surface area contributed by atoms with E-state index in [2.05, 4.69) is 0 Å². The number of benzene rings is 3. The van der Waals surface area contributed by atoms with Crippen molar-refractivity contribution >= 4 is 23.3 Å². The number of halogens is 2. The van der Waals surface area contributed by atoms with Gasteiger partial charge in [0.05, 0.1) is 18.7 Å². The topological polar surface area (TPSA) is 46.6 Å². The van der Waals surface area contributed by atoms with Crippen LogP contribution in [0.5, 0.6) is 0 Å². The third-order valence-corrected chi connectivity index (χ3v) is 5.36. The Hall–Kier alpha value is -3.02. The lowest BCUT2D eigenvalue weighted by atomic mass is 9.97. The first-order valence-electron chi connectivity index (χ1n) is 9.58. The van der Waals surface area contributed by atoms with Crippen LogP contribution in [0.25, 0.3) is 0 Å². The summed E-state index contributed by atoms with van der Waals surface area (Å²) in [6.45, 7) is 1.11. The summed E-state index contributed by atoms with van der Waals surface area (Å²) in [5.41, 5.74) is 1.96. The Balaban J connectivity index is 1.58. The fraction of sp³-hybridized carbons (Fsp3) is 0.167. The van der Waals surface area contributed by atoms with Gasteiger partial charge in [0.1, 0.15) is 11.9 Å². The summed E-state index contributed by atoms with van der Waals surface area (Å²) in [5.74, 6) is -0.792. The lowest BCUT2D eigenvalue weighted by Crippen LogP contribution is -2.42. The first-order chi connectivity index (χ1) is 14.5. The number of carbonyl (C=O) groups excluding carboxylic acids is 2. The van der Waals surface area contributed by atoms with Gasteiger partial charge in [-0.25, -0.2) is 4.39 Å². The third kappa shape index (κ3) is 4.27. The molecule has 0 saturated carbocycles. The number of rotatable bonds is 4. The van der Waals surface area contributed by atoms with Crippen molar-refractivity contribution < 1.29 is 18.7 Å². The zero-order chi connectivity index (χ0) is 21.1. The Bertz CT molecular complexity index is 1070. The molecule has 0 bridgehead atoms. The van der Waals surface area contributed by atoms with Crippen molar-refractivity contribution in [2.45, 2.75) is 6.10 Å². The molecule has 152 valence electrons. The van der Waals surface area contributed by atoms with Crippen molar-refractivity contribution in [3.05, 3.63) is 106 Å². The van der Waals surface area contributed by atoms with Crippen LogP contribution in [0.15, 0.2) is 72.8 Å². The Labute approximate surface area is 178 Å². The first kappa shape index (κ1) is 20.3. The molecule has 30 heavy (non-hydrogen) atoms. The molecule has 1 saturated heterocycles. The molecule has 1 aliphatic heterocycles. The third-order valence-electron chi connectivity index (χ3n) is 5.10. The van der Waals surface area contributed by atoms with E-state index in [0.717, 1.165) is 5.56 Å². The number of hydrogen-bond acceptors (Lipinski definition) is 3. The van der Waals surface area contributed by atoms with E-state index < -0.39 is 0 Å². The molecule has 0 aromatic heterocycles. The van der Waals surface area contributed by atoms with E-state index in [9.17, 15) is 14.0 Å². The van der Waals surface area contributed by atoms with Gasteiger partial charge in [-0.3, -0.25) is 9.59 Å². The highest BCUT2D eigenvalue weighted by Crippen LogP contribution is 2.25. The molecule has 1 unspecified atom stereocenters. The average Bonchev–Trinajstić information content (AvgIpc) is 2.79. The highest BCUT2D eigenvalue weighted by molar-refractivity contribution is 6.30. The van der Waals surface area contributed by atoms with Gasteiger partial charge < -0.3 is 9.64 Å². The molecular weight excluding hydrogens is 405 g/mol. The zero-order valence-electron chi connectivity index (χ0n) is 16.1. The van der Waals surface area contributed by atoms with Crippen molar-refractivity contribution in [1.29, 1.82) is 0 Å². The van der Waals surface area contributed by atoms with Crippen LogP contribution < -0.4 is 0 Å². The number of ether oxygens (including phenoxy) is 1. The molecule has 1 atom stereocenters. The minimum Gasteiger partial charge on any atom is -0.370 e. The summed E-state index contributed by atoms with van der Waals surface area (Å²) in [6.07, 6.45) is -0.345. The van der Waals surface area contributed by atoms with Gasteiger partial charge >= 0.3 is 0 Å². The normalized spacial score (nSPS) is 16.3. The minimum absolute atomic E-state index is 0.233. The molecule has 0 spiro atoms. The largest absolute Gasteiger partial charge is 0.370 e. The smallest absolute Gasteiger partial charge is 0.254 e. The van der Waals surface area contributed by atoms with E-state index in [1.165, 1.54) is 12.1 Å². The van der Waals surface area contributed by atoms with Crippen LogP contribution >= 0.6 is 11.6 Å². The molecule has 4 rings (SSSR count). The van der Waals surface area contributed by atoms with Crippen LogP contribution in [0.3, 0.4) is 0 Å². The molecule has 1 amide bonds. The van der Waals surface area contributed by atoms with Crippen LogP contribution in [-0.2, 0) is 4.74 Å². The molecular formula is C24H19ClFNO3. The molecule has 3 aromatic rings. The van der Waals surface area contributed by atoms with Gasteiger partial charge in [-0.2, -0.15) is 0 Å². The Morgan fingerprint density at radius 2 is 1.60 bits per heavy atom. The SMILES string of the molecule is O=C(c1ccc(Cl)cc1)c1ccccc1C(=O)N1CCOC(c2ccc(F)cc2)C1.